The van der Waals surface area contributed by atoms with Gasteiger partial charge in [-0.3, -0.25) is 5.43 Å². The van der Waals surface area contributed by atoms with Crippen molar-refractivity contribution in [1.29, 1.82) is 5.26 Å². The number of nitrogens with one attached hydrogen (secondary N) is 1. The van der Waals surface area contributed by atoms with Gasteiger partial charge in [0.1, 0.15) is 0 Å². The monoisotopic (exact) mass is 292 g/mol. The minimum atomic E-state index is 0.644. The molecule has 21 heavy (non-hydrogen) atoms. The van der Waals surface area contributed by atoms with Gasteiger partial charge in [-0.25, -0.2) is 4.98 Å². The second-order valence-corrected chi connectivity index (χ2v) is 5.52. The quantitative estimate of drug-likeness (QED) is 0.586. The van der Waals surface area contributed by atoms with Crippen LogP contribution < -0.4 is 5.43 Å². The zero-order chi connectivity index (χ0) is 14.7. The van der Waals surface area contributed by atoms with Crippen LogP contribution in [0, 0.1) is 11.3 Å². The Balaban J connectivity index is 1.79. The van der Waals surface area contributed by atoms with Crippen LogP contribution in [0.4, 0.5) is 5.13 Å². The fourth-order valence-electron chi connectivity index (χ4n) is 1.90. The van der Waals surface area contributed by atoms with Crippen molar-refractivity contribution in [3.8, 4) is 6.07 Å². The number of para-hydroxylation sites is 1. The van der Waals surface area contributed by atoms with E-state index in [1.165, 1.54) is 0 Å². The summed E-state index contributed by atoms with van der Waals surface area (Å²) in [5.41, 5.74) is 6.42. The average Bonchev–Trinajstić information content (AvgIpc) is 2.95. The molecule has 0 atom stereocenters. The summed E-state index contributed by atoms with van der Waals surface area (Å²) in [4.78, 5) is 4.46. The highest BCUT2D eigenvalue weighted by Gasteiger charge is 2.02. The summed E-state index contributed by atoms with van der Waals surface area (Å²) < 4.78 is 1.13. The molecule has 1 heterocycles. The second kappa shape index (κ2) is 5.73. The Kier molecular flexibility index (Phi) is 3.63. The maximum Gasteiger partial charge on any atom is 0.204 e. The third kappa shape index (κ3) is 2.91. The lowest BCUT2D eigenvalue weighted by Gasteiger charge is -2.01. The number of fused-ring (bicyclic) bond motifs is 1. The highest BCUT2D eigenvalue weighted by Crippen LogP contribution is 2.25. The molecule has 0 saturated heterocycles. The first-order chi connectivity index (χ1) is 10.3. The fourth-order valence-corrected chi connectivity index (χ4v) is 2.71. The number of nitrogens with zero attached hydrogens (tertiary/aromatic N) is 3. The van der Waals surface area contributed by atoms with E-state index in [2.05, 4.69) is 21.6 Å². The smallest absolute Gasteiger partial charge is 0.204 e. The molecule has 102 valence electrons. The molecule has 5 heteroatoms. The summed E-state index contributed by atoms with van der Waals surface area (Å²) in [5, 5.41) is 13.9. The molecule has 4 nitrogen and oxygen atoms in total. The highest BCUT2D eigenvalue weighted by atomic mass is 32.1. The molecule has 0 amide bonds. The van der Waals surface area contributed by atoms with Crippen LogP contribution in [0.15, 0.2) is 53.6 Å². The number of aromatic nitrogens is 1. The van der Waals surface area contributed by atoms with E-state index < -0.39 is 0 Å². The molecule has 3 aromatic rings. The fraction of sp³-hybridized carbons (Fsp3) is 0.0625. The van der Waals surface area contributed by atoms with Crippen LogP contribution in [0.1, 0.15) is 18.1 Å². The van der Waals surface area contributed by atoms with Crippen LogP contribution in [0.25, 0.3) is 10.2 Å². The van der Waals surface area contributed by atoms with Gasteiger partial charge in [-0.15, -0.1) is 0 Å². The largest absolute Gasteiger partial charge is 0.252 e. The lowest BCUT2D eigenvalue weighted by molar-refractivity contribution is 1.29. The Morgan fingerprint density at radius 2 is 1.95 bits per heavy atom. The molecule has 1 aromatic heterocycles. The van der Waals surface area contributed by atoms with Crippen molar-refractivity contribution in [3.05, 3.63) is 59.7 Å². The van der Waals surface area contributed by atoms with E-state index in [9.17, 15) is 0 Å². The number of hydrazone groups is 1. The Hall–Kier alpha value is -2.71. The van der Waals surface area contributed by atoms with Gasteiger partial charge in [0.2, 0.25) is 5.13 Å². The van der Waals surface area contributed by atoms with Crippen molar-refractivity contribution in [2.24, 2.45) is 5.10 Å². The third-order valence-electron chi connectivity index (χ3n) is 3.04. The standard InChI is InChI=1S/C16H12N4S/c1-11(13-8-6-12(10-17)7-9-13)19-20-16-18-14-4-2-3-5-15(14)21-16/h2-9H,1H3,(H,18,20). The zero-order valence-corrected chi connectivity index (χ0v) is 12.2. The van der Waals surface area contributed by atoms with Gasteiger partial charge in [0, 0.05) is 0 Å². The van der Waals surface area contributed by atoms with Gasteiger partial charge >= 0.3 is 0 Å². The molecule has 0 aliphatic heterocycles. The van der Waals surface area contributed by atoms with Gasteiger partial charge in [-0.05, 0) is 36.8 Å². The minimum Gasteiger partial charge on any atom is -0.252 e. The lowest BCUT2D eigenvalue weighted by Crippen LogP contribution is -1.99. The number of benzene rings is 2. The molecule has 0 fully saturated rings. The Labute approximate surface area is 126 Å². The average molecular weight is 292 g/mol. The summed E-state index contributed by atoms with van der Waals surface area (Å²) >= 11 is 1.57. The molecular formula is C16H12N4S. The number of nitriles is 1. The van der Waals surface area contributed by atoms with Crippen molar-refractivity contribution in [3.63, 3.8) is 0 Å². The summed E-state index contributed by atoms with van der Waals surface area (Å²) in [5.74, 6) is 0. The molecule has 0 aliphatic rings. The third-order valence-corrected chi connectivity index (χ3v) is 3.99. The molecule has 3 rings (SSSR count). The Morgan fingerprint density at radius 3 is 2.67 bits per heavy atom. The first-order valence-corrected chi connectivity index (χ1v) is 7.24. The van der Waals surface area contributed by atoms with Crippen LogP contribution in [-0.2, 0) is 0 Å². The van der Waals surface area contributed by atoms with Gasteiger partial charge in [-0.1, -0.05) is 35.6 Å². The normalized spacial score (nSPS) is 11.3. The maximum atomic E-state index is 8.79. The van der Waals surface area contributed by atoms with E-state index in [0.717, 1.165) is 26.6 Å². The molecule has 1 N–H and O–H groups in total. The summed E-state index contributed by atoms with van der Waals surface area (Å²) in [7, 11) is 0. The topological polar surface area (TPSA) is 61.1 Å². The number of anilines is 1. The molecule has 0 spiro atoms. The van der Waals surface area contributed by atoms with Gasteiger partial charge < -0.3 is 0 Å². The van der Waals surface area contributed by atoms with E-state index in [4.69, 9.17) is 5.26 Å². The van der Waals surface area contributed by atoms with Crippen molar-refractivity contribution in [1.82, 2.24) is 4.98 Å². The Morgan fingerprint density at radius 1 is 1.19 bits per heavy atom. The van der Waals surface area contributed by atoms with E-state index in [1.807, 2.05) is 43.3 Å². The van der Waals surface area contributed by atoms with Gasteiger partial charge in [0.25, 0.3) is 0 Å². The SMILES string of the molecule is CC(=NNc1nc2ccccc2s1)c1ccc(C#N)cc1. The number of hydrogen-bond donors (Lipinski definition) is 1. The molecule has 2 aromatic carbocycles. The summed E-state index contributed by atoms with van der Waals surface area (Å²) in [6.07, 6.45) is 0. The molecule has 0 saturated carbocycles. The van der Waals surface area contributed by atoms with Crippen molar-refractivity contribution >= 4 is 32.4 Å². The van der Waals surface area contributed by atoms with Crippen molar-refractivity contribution < 1.29 is 0 Å². The van der Waals surface area contributed by atoms with E-state index in [1.54, 1.807) is 23.5 Å². The van der Waals surface area contributed by atoms with E-state index in [-0.39, 0.29) is 0 Å². The molecule has 0 aliphatic carbocycles. The molecule has 0 bridgehead atoms. The number of rotatable bonds is 3. The zero-order valence-electron chi connectivity index (χ0n) is 11.4. The first kappa shape index (κ1) is 13.3. The first-order valence-electron chi connectivity index (χ1n) is 6.42. The Bertz CT molecular complexity index is 808. The summed E-state index contributed by atoms with van der Waals surface area (Å²) in [6.45, 7) is 1.92. The molecular weight excluding hydrogens is 280 g/mol. The van der Waals surface area contributed by atoms with Crippen LogP contribution in [-0.4, -0.2) is 10.7 Å². The van der Waals surface area contributed by atoms with Crippen molar-refractivity contribution in [2.75, 3.05) is 5.43 Å². The van der Waals surface area contributed by atoms with Crippen LogP contribution >= 0.6 is 11.3 Å². The summed E-state index contributed by atoms with van der Waals surface area (Å²) in [6, 6.07) is 17.4. The van der Waals surface area contributed by atoms with Crippen LogP contribution in [0.5, 0.6) is 0 Å². The molecule has 0 unspecified atom stereocenters. The number of thiazole rings is 1. The predicted octanol–water partition coefficient (Wildman–Crippen LogP) is 4.00. The minimum absolute atomic E-state index is 0.644. The number of hydrogen-bond acceptors (Lipinski definition) is 5. The van der Waals surface area contributed by atoms with Crippen LogP contribution in [0.3, 0.4) is 0 Å². The van der Waals surface area contributed by atoms with Gasteiger partial charge in [0.05, 0.1) is 27.6 Å². The highest BCUT2D eigenvalue weighted by molar-refractivity contribution is 7.22. The predicted molar refractivity (Wildman–Crippen MR) is 86.6 cm³/mol. The second-order valence-electron chi connectivity index (χ2n) is 4.48. The van der Waals surface area contributed by atoms with E-state index >= 15 is 0 Å². The van der Waals surface area contributed by atoms with E-state index in [0.29, 0.717) is 5.56 Å². The molecule has 0 radical (unpaired) electrons. The maximum absolute atomic E-state index is 8.79. The van der Waals surface area contributed by atoms with Gasteiger partial charge in [0.15, 0.2) is 0 Å². The van der Waals surface area contributed by atoms with Crippen molar-refractivity contribution in [2.45, 2.75) is 6.92 Å². The van der Waals surface area contributed by atoms with Gasteiger partial charge in [-0.2, -0.15) is 10.4 Å². The van der Waals surface area contributed by atoms with Crippen LogP contribution in [0.2, 0.25) is 0 Å². The lowest BCUT2D eigenvalue weighted by atomic mass is 10.1.